The van der Waals surface area contributed by atoms with Gasteiger partial charge in [-0.3, -0.25) is 0 Å². The van der Waals surface area contributed by atoms with E-state index in [0.29, 0.717) is 5.75 Å². The number of sulfonamides is 1. The lowest BCUT2D eigenvalue weighted by atomic mass is 10.3. The molecule has 0 bridgehead atoms. The third kappa shape index (κ3) is 3.06. The molecule has 24 heavy (non-hydrogen) atoms. The minimum absolute atomic E-state index is 0.0577. The van der Waals surface area contributed by atoms with Crippen molar-refractivity contribution in [1.29, 1.82) is 0 Å². The van der Waals surface area contributed by atoms with Crippen molar-refractivity contribution in [2.75, 3.05) is 14.2 Å². The Hall–Kier alpha value is -2.58. The van der Waals surface area contributed by atoms with Crippen LogP contribution in [0.4, 0.5) is 0 Å². The van der Waals surface area contributed by atoms with E-state index < -0.39 is 10.0 Å². The zero-order valence-electron chi connectivity index (χ0n) is 13.3. The van der Waals surface area contributed by atoms with E-state index in [-0.39, 0.29) is 17.2 Å². The van der Waals surface area contributed by atoms with Crippen LogP contribution in [0.3, 0.4) is 0 Å². The molecule has 2 heterocycles. The van der Waals surface area contributed by atoms with Crippen LogP contribution in [0.2, 0.25) is 0 Å². The number of nitrogens with one attached hydrogen (secondary N) is 1. The van der Waals surface area contributed by atoms with Crippen LogP contribution >= 0.6 is 0 Å². The summed E-state index contributed by atoms with van der Waals surface area (Å²) in [6.07, 6.45) is 3.45. The van der Waals surface area contributed by atoms with Crippen molar-refractivity contribution in [2.24, 2.45) is 0 Å². The summed E-state index contributed by atoms with van der Waals surface area (Å²) >= 11 is 0. The highest BCUT2D eigenvalue weighted by Crippen LogP contribution is 2.28. The second-order valence-corrected chi connectivity index (χ2v) is 6.78. The molecule has 0 radical (unpaired) electrons. The summed E-state index contributed by atoms with van der Waals surface area (Å²) in [7, 11) is -0.818. The predicted molar refractivity (Wildman–Crippen MR) is 88.8 cm³/mol. The predicted octanol–water partition coefficient (Wildman–Crippen LogP) is 1.83. The third-order valence-corrected chi connectivity index (χ3v) is 5.06. The van der Waals surface area contributed by atoms with Gasteiger partial charge in [0.05, 0.1) is 25.9 Å². The second-order valence-electron chi connectivity index (χ2n) is 5.04. The maximum absolute atomic E-state index is 12.6. The van der Waals surface area contributed by atoms with Crippen LogP contribution in [0, 0.1) is 0 Å². The molecule has 0 atom stereocenters. The number of methoxy groups -OCH3 is 2. The normalized spacial score (nSPS) is 11.6. The van der Waals surface area contributed by atoms with E-state index in [9.17, 15) is 8.42 Å². The molecule has 0 amide bonds. The minimum atomic E-state index is -3.74. The Kier molecular flexibility index (Phi) is 4.41. The van der Waals surface area contributed by atoms with Gasteiger partial charge in [-0.25, -0.2) is 17.7 Å². The fourth-order valence-electron chi connectivity index (χ4n) is 2.37. The summed E-state index contributed by atoms with van der Waals surface area (Å²) < 4.78 is 39.7. The zero-order valence-corrected chi connectivity index (χ0v) is 14.1. The Morgan fingerprint density at radius 1 is 1.17 bits per heavy atom. The molecule has 1 aromatic carbocycles. The minimum Gasteiger partial charge on any atom is -0.497 e. The van der Waals surface area contributed by atoms with Gasteiger partial charge in [0.1, 0.15) is 16.4 Å². The van der Waals surface area contributed by atoms with Crippen molar-refractivity contribution in [3.8, 4) is 11.5 Å². The topological polar surface area (TPSA) is 81.9 Å². The second kappa shape index (κ2) is 6.50. The van der Waals surface area contributed by atoms with Gasteiger partial charge in [-0.1, -0.05) is 6.07 Å². The molecule has 2 aromatic heterocycles. The van der Waals surface area contributed by atoms with Crippen LogP contribution in [-0.2, 0) is 16.6 Å². The smallest absolute Gasteiger partial charge is 0.244 e. The Bertz CT molecular complexity index is 966. The average molecular weight is 347 g/mol. The molecule has 0 fully saturated rings. The summed E-state index contributed by atoms with van der Waals surface area (Å²) in [5, 5.41) is 4.19. The first-order valence-electron chi connectivity index (χ1n) is 7.18. The third-order valence-electron chi connectivity index (χ3n) is 3.62. The number of rotatable bonds is 6. The van der Waals surface area contributed by atoms with Crippen LogP contribution < -0.4 is 14.2 Å². The maximum atomic E-state index is 12.6. The van der Waals surface area contributed by atoms with Gasteiger partial charge in [-0.05, 0) is 24.3 Å². The van der Waals surface area contributed by atoms with Crippen molar-refractivity contribution in [1.82, 2.24) is 14.3 Å². The lowest BCUT2D eigenvalue weighted by Crippen LogP contribution is -2.23. The SMILES string of the molecule is COc1ccc(S(=O)(=O)NCc2cnn3ccccc23)c(OC)c1. The lowest BCUT2D eigenvalue weighted by Gasteiger charge is -2.11. The number of hydrogen-bond acceptors (Lipinski definition) is 5. The largest absolute Gasteiger partial charge is 0.497 e. The molecule has 3 rings (SSSR count). The lowest BCUT2D eigenvalue weighted by molar-refractivity contribution is 0.386. The molecular formula is C16H17N3O4S. The van der Waals surface area contributed by atoms with E-state index in [0.717, 1.165) is 11.1 Å². The summed E-state index contributed by atoms with van der Waals surface area (Å²) in [6.45, 7) is 0.130. The van der Waals surface area contributed by atoms with Gasteiger partial charge in [0.15, 0.2) is 0 Å². The highest BCUT2D eigenvalue weighted by atomic mass is 32.2. The first-order valence-corrected chi connectivity index (χ1v) is 8.66. The number of fused-ring (bicyclic) bond motifs is 1. The van der Waals surface area contributed by atoms with Gasteiger partial charge in [0.25, 0.3) is 0 Å². The van der Waals surface area contributed by atoms with Gasteiger partial charge in [0.2, 0.25) is 10.0 Å². The Morgan fingerprint density at radius 3 is 2.75 bits per heavy atom. The molecule has 7 nitrogen and oxygen atoms in total. The highest BCUT2D eigenvalue weighted by molar-refractivity contribution is 7.89. The molecule has 1 N–H and O–H groups in total. The molecule has 0 saturated heterocycles. The first kappa shape index (κ1) is 16.3. The van der Waals surface area contributed by atoms with Gasteiger partial charge in [0, 0.05) is 24.4 Å². The molecule has 0 aliphatic heterocycles. The van der Waals surface area contributed by atoms with Crippen molar-refractivity contribution >= 4 is 15.5 Å². The van der Waals surface area contributed by atoms with E-state index in [4.69, 9.17) is 9.47 Å². The molecule has 0 aliphatic carbocycles. The van der Waals surface area contributed by atoms with E-state index in [2.05, 4.69) is 9.82 Å². The fourth-order valence-corrected chi connectivity index (χ4v) is 3.53. The molecule has 126 valence electrons. The van der Waals surface area contributed by atoms with Gasteiger partial charge in [-0.2, -0.15) is 5.10 Å². The molecular weight excluding hydrogens is 330 g/mol. The van der Waals surface area contributed by atoms with Gasteiger partial charge in [-0.15, -0.1) is 0 Å². The number of hydrogen-bond donors (Lipinski definition) is 1. The monoisotopic (exact) mass is 347 g/mol. The van der Waals surface area contributed by atoms with Gasteiger partial charge >= 0.3 is 0 Å². The van der Waals surface area contributed by atoms with Crippen molar-refractivity contribution in [3.05, 3.63) is 54.4 Å². The molecule has 8 heteroatoms. The van der Waals surface area contributed by atoms with Crippen molar-refractivity contribution < 1.29 is 17.9 Å². The van der Waals surface area contributed by atoms with Crippen LogP contribution in [0.25, 0.3) is 5.52 Å². The van der Waals surface area contributed by atoms with Crippen LogP contribution in [0.15, 0.2) is 53.7 Å². The van der Waals surface area contributed by atoms with Crippen LogP contribution in [0.5, 0.6) is 11.5 Å². The van der Waals surface area contributed by atoms with E-state index in [1.165, 1.54) is 26.4 Å². The number of ether oxygens (including phenoxy) is 2. The fraction of sp³-hybridized carbons (Fsp3) is 0.188. The van der Waals surface area contributed by atoms with Gasteiger partial charge < -0.3 is 9.47 Å². The van der Waals surface area contributed by atoms with Crippen molar-refractivity contribution in [2.45, 2.75) is 11.4 Å². The van der Waals surface area contributed by atoms with E-state index >= 15 is 0 Å². The summed E-state index contributed by atoms with van der Waals surface area (Å²) in [6, 6.07) is 10.2. The van der Waals surface area contributed by atoms with Crippen LogP contribution in [0.1, 0.15) is 5.56 Å². The Balaban J connectivity index is 1.86. The number of benzene rings is 1. The molecule has 3 aromatic rings. The Labute approximate surface area is 139 Å². The molecule has 0 aliphatic rings. The van der Waals surface area contributed by atoms with E-state index in [1.54, 1.807) is 23.0 Å². The maximum Gasteiger partial charge on any atom is 0.244 e. The average Bonchev–Trinajstić information content (AvgIpc) is 3.02. The standard InChI is InChI=1S/C16H17N3O4S/c1-22-13-6-7-16(15(9-13)23-2)24(20,21)18-11-12-10-17-19-8-4-3-5-14(12)19/h3-10,18H,11H2,1-2H3. The molecule has 0 saturated carbocycles. The summed E-state index contributed by atoms with van der Waals surface area (Å²) in [4.78, 5) is 0.0577. The molecule has 0 unspecified atom stereocenters. The number of nitrogens with zero attached hydrogens (tertiary/aromatic N) is 2. The summed E-state index contributed by atoms with van der Waals surface area (Å²) in [5.74, 6) is 0.746. The Morgan fingerprint density at radius 2 is 2.00 bits per heavy atom. The number of pyridine rings is 1. The summed E-state index contributed by atoms with van der Waals surface area (Å²) in [5.41, 5.74) is 1.63. The first-order chi connectivity index (χ1) is 11.5. The number of aromatic nitrogens is 2. The highest BCUT2D eigenvalue weighted by Gasteiger charge is 2.20. The van der Waals surface area contributed by atoms with E-state index in [1.807, 2.05) is 18.2 Å². The quantitative estimate of drug-likeness (QED) is 0.736. The van der Waals surface area contributed by atoms with Crippen LogP contribution in [-0.4, -0.2) is 32.3 Å². The van der Waals surface area contributed by atoms with Crippen molar-refractivity contribution in [3.63, 3.8) is 0 Å². The molecule has 0 spiro atoms. The zero-order chi connectivity index (χ0) is 17.2.